The maximum atomic E-state index is 13.2. The minimum atomic E-state index is -0.815. The third kappa shape index (κ3) is 4.65. The van der Waals surface area contributed by atoms with Gasteiger partial charge in [0.2, 0.25) is 5.91 Å². The quantitative estimate of drug-likeness (QED) is 0.624. The lowest BCUT2D eigenvalue weighted by molar-refractivity contribution is -0.120. The molecule has 0 aliphatic heterocycles. The molecule has 3 amide bonds. The number of aromatic nitrogens is 1. The van der Waals surface area contributed by atoms with Gasteiger partial charge in [-0.2, -0.15) is 4.37 Å². The zero-order chi connectivity index (χ0) is 21.0. The Morgan fingerprint density at radius 1 is 1.31 bits per heavy atom. The summed E-state index contributed by atoms with van der Waals surface area (Å²) in [6.07, 6.45) is 4.03. The van der Waals surface area contributed by atoms with Gasteiger partial charge in [0, 0.05) is 17.8 Å². The molecule has 1 aromatic carbocycles. The molecule has 1 aliphatic rings. The third-order valence-electron chi connectivity index (χ3n) is 4.79. The van der Waals surface area contributed by atoms with E-state index in [1.807, 2.05) is 0 Å². The summed E-state index contributed by atoms with van der Waals surface area (Å²) < 4.78 is 9.11. The Labute approximate surface area is 172 Å². The molecule has 9 nitrogen and oxygen atoms in total. The number of hydrogen-bond donors (Lipinski definition) is 3. The van der Waals surface area contributed by atoms with Crippen molar-refractivity contribution in [3.63, 3.8) is 0 Å². The van der Waals surface area contributed by atoms with E-state index >= 15 is 0 Å². The summed E-state index contributed by atoms with van der Waals surface area (Å²) in [5, 5.41) is 2.97. The van der Waals surface area contributed by atoms with Gasteiger partial charge < -0.3 is 21.5 Å². The van der Waals surface area contributed by atoms with Crippen LogP contribution in [-0.4, -0.2) is 41.8 Å². The van der Waals surface area contributed by atoms with Crippen LogP contribution in [0.2, 0.25) is 0 Å². The van der Waals surface area contributed by atoms with Crippen LogP contribution in [0.25, 0.3) is 0 Å². The van der Waals surface area contributed by atoms with Gasteiger partial charge >= 0.3 is 0 Å². The van der Waals surface area contributed by atoms with Crippen LogP contribution < -0.4 is 26.4 Å². The highest BCUT2D eigenvalue weighted by Crippen LogP contribution is 2.28. The molecule has 2 aromatic rings. The number of hydrogen-bond acceptors (Lipinski definition) is 7. The van der Waals surface area contributed by atoms with Gasteiger partial charge in [-0.25, -0.2) is 0 Å². The summed E-state index contributed by atoms with van der Waals surface area (Å²) in [5.41, 5.74) is 11.4. The fourth-order valence-electron chi connectivity index (χ4n) is 3.30. The van der Waals surface area contributed by atoms with Crippen molar-refractivity contribution in [2.75, 3.05) is 24.3 Å². The fraction of sp³-hybridized carbons (Fsp3) is 0.368. The molecule has 0 saturated heterocycles. The van der Waals surface area contributed by atoms with E-state index in [-0.39, 0.29) is 34.8 Å². The molecule has 1 aromatic heterocycles. The van der Waals surface area contributed by atoms with Crippen LogP contribution >= 0.6 is 11.5 Å². The molecular weight excluding hydrogens is 394 g/mol. The molecule has 0 spiro atoms. The Hall–Kier alpha value is -3.14. The number of primary amides is 1. The predicted octanol–water partition coefficient (Wildman–Crippen LogP) is 1.54. The Balaban J connectivity index is 1.90. The number of nitrogen functional groups attached to an aromatic ring is 1. The first-order valence-corrected chi connectivity index (χ1v) is 9.98. The second kappa shape index (κ2) is 8.91. The van der Waals surface area contributed by atoms with Crippen LogP contribution in [0.5, 0.6) is 5.75 Å². The number of nitrogens with one attached hydrogen (secondary N) is 1. The maximum Gasteiger partial charge on any atom is 0.272 e. The average molecular weight is 417 g/mol. The van der Waals surface area contributed by atoms with Crippen LogP contribution in [0, 0.1) is 0 Å². The summed E-state index contributed by atoms with van der Waals surface area (Å²) >= 11 is 0.776. The largest absolute Gasteiger partial charge is 0.497 e. The first kappa shape index (κ1) is 20.6. The summed E-state index contributed by atoms with van der Waals surface area (Å²) in [5.74, 6) is -1.09. The molecule has 29 heavy (non-hydrogen) atoms. The first-order valence-electron chi connectivity index (χ1n) is 9.21. The van der Waals surface area contributed by atoms with Crippen LogP contribution in [0.15, 0.2) is 24.3 Å². The van der Waals surface area contributed by atoms with Crippen molar-refractivity contribution >= 4 is 40.6 Å². The normalized spacial score (nSPS) is 13.8. The molecule has 10 heteroatoms. The SMILES string of the molecule is COc1cccc(N(CC(=O)NC2CCCC2)C(=O)c2snc(C(N)=O)c2N)c1. The molecule has 1 heterocycles. The van der Waals surface area contributed by atoms with Crippen molar-refractivity contribution < 1.29 is 19.1 Å². The lowest BCUT2D eigenvalue weighted by atomic mass is 10.2. The van der Waals surface area contributed by atoms with Gasteiger partial charge in [0.1, 0.15) is 17.2 Å². The summed E-state index contributed by atoms with van der Waals surface area (Å²) in [4.78, 5) is 38.6. The molecule has 1 fully saturated rings. The van der Waals surface area contributed by atoms with Gasteiger partial charge in [0.05, 0.1) is 12.8 Å². The highest BCUT2D eigenvalue weighted by Gasteiger charge is 2.28. The second-order valence-corrected chi connectivity index (χ2v) is 7.55. The number of carbonyl (C=O) groups excluding carboxylic acids is 3. The zero-order valence-electron chi connectivity index (χ0n) is 16.0. The Kier molecular flexibility index (Phi) is 6.32. The van der Waals surface area contributed by atoms with Crippen LogP contribution in [0.3, 0.4) is 0 Å². The lowest BCUT2D eigenvalue weighted by Crippen LogP contribution is -2.43. The predicted molar refractivity (Wildman–Crippen MR) is 110 cm³/mol. The minimum Gasteiger partial charge on any atom is -0.497 e. The summed E-state index contributed by atoms with van der Waals surface area (Å²) in [6, 6.07) is 6.91. The van der Waals surface area contributed by atoms with Gasteiger partial charge in [-0.15, -0.1) is 0 Å². The number of methoxy groups -OCH3 is 1. The van der Waals surface area contributed by atoms with Crippen LogP contribution in [0.4, 0.5) is 11.4 Å². The van der Waals surface area contributed by atoms with Crippen molar-refractivity contribution in [2.45, 2.75) is 31.7 Å². The average Bonchev–Trinajstić information content (AvgIpc) is 3.35. The van der Waals surface area contributed by atoms with Crippen molar-refractivity contribution in [3.05, 3.63) is 34.8 Å². The minimum absolute atomic E-state index is 0.0512. The molecule has 5 N–H and O–H groups in total. The molecular formula is C19H23N5O4S. The Morgan fingerprint density at radius 2 is 2.03 bits per heavy atom. The number of ether oxygens (including phenoxy) is 1. The van der Waals surface area contributed by atoms with Gasteiger partial charge in [0.25, 0.3) is 11.8 Å². The van der Waals surface area contributed by atoms with E-state index in [0.717, 1.165) is 37.2 Å². The summed E-state index contributed by atoms with van der Waals surface area (Å²) in [6.45, 7) is -0.203. The molecule has 0 unspecified atom stereocenters. The number of amides is 3. The van der Waals surface area contributed by atoms with Gasteiger partial charge in [0.15, 0.2) is 5.69 Å². The fourth-order valence-corrected chi connectivity index (χ4v) is 4.05. The first-order chi connectivity index (χ1) is 13.9. The standard InChI is InChI=1S/C19H23N5O4S/c1-28-13-8-4-7-12(9-13)24(10-14(25)22-11-5-2-3-6-11)19(27)17-15(20)16(18(21)26)23-29-17/h4,7-9,11H,2-3,5-6,10,20H2,1H3,(H2,21,26)(H,22,25). The number of carbonyl (C=O) groups is 3. The molecule has 0 radical (unpaired) electrons. The van der Waals surface area contributed by atoms with Crippen molar-refractivity contribution in [2.24, 2.45) is 5.73 Å². The lowest BCUT2D eigenvalue weighted by Gasteiger charge is -2.23. The number of benzene rings is 1. The van der Waals surface area contributed by atoms with Crippen LogP contribution in [-0.2, 0) is 4.79 Å². The molecule has 0 bridgehead atoms. The molecule has 0 atom stereocenters. The van der Waals surface area contributed by atoms with E-state index in [1.54, 1.807) is 24.3 Å². The van der Waals surface area contributed by atoms with Crippen LogP contribution in [0.1, 0.15) is 45.8 Å². The van der Waals surface area contributed by atoms with E-state index < -0.39 is 11.8 Å². The number of anilines is 2. The Morgan fingerprint density at radius 3 is 2.66 bits per heavy atom. The highest BCUT2D eigenvalue weighted by molar-refractivity contribution is 7.09. The maximum absolute atomic E-state index is 13.2. The Bertz CT molecular complexity index is 923. The monoisotopic (exact) mass is 417 g/mol. The molecule has 154 valence electrons. The van der Waals surface area contributed by atoms with E-state index in [4.69, 9.17) is 16.2 Å². The zero-order valence-corrected chi connectivity index (χ0v) is 16.8. The molecule has 3 rings (SSSR count). The van der Waals surface area contributed by atoms with Gasteiger partial charge in [-0.05, 0) is 36.5 Å². The van der Waals surface area contributed by atoms with Gasteiger partial charge in [-0.1, -0.05) is 18.9 Å². The second-order valence-electron chi connectivity index (χ2n) is 6.78. The van der Waals surface area contributed by atoms with Crippen molar-refractivity contribution in [3.8, 4) is 5.75 Å². The van der Waals surface area contributed by atoms with E-state index in [9.17, 15) is 14.4 Å². The highest BCUT2D eigenvalue weighted by atomic mass is 32.1. The van der Waals surface area contributed by atoms with E-state index in [0.29, 0.717) is 11.4 Å². The molecule has 1 aliphatic carbocycles. The number of nitrogens with zero attached hydrogens (tertiary/aromatic N) is 2. The topological polar surface area (TPSA) is 141 Å². The van der Waals surface area contributed by atoms with E-state index in [2.05, 4.69) is 9.69 Å². The van der Waals surface area contributed by atoms with Crippen molar-refractivity contribution in [1.29, 1.82) is 0 Å². The number of nitrogens with two attached hydrogens (primary N) is 2. The van der Waals surface area contributed by atoms with Gasteiger partial charge in [-0.3, -0.25) is 19.3 Å². The third-order valence-corrected chi connectivity index (χ3v) is 5.64. The smallest absolute Gasteiger partial charge is 0.272 e. The van der Waals surface area contributed by atoms with Crippen molar-refractivity contribution in [1.82, 2.24) is 9.69 Å². The number of rotatable bonds is 7. The summed E-state index contributed by atoms with van der Waals surface area (Å²) in [7, 11) is 1.51. The molecule has 1 saturated carbocycles. The van der Waals surface area contributed by atoms with E-state index in [1.165, 1.54) is 12.0 Å².